The van der Waals surface area contributed by atoms with Crippen LogP contribution in [0.1, 0.15) is 28.3 Å². The SMILES string of the molecule is Cc1ccnc(NC(c2ccc(C(F)(F)F)cc2)c2ccc3cccnc3c2O)c1. The number of phenolic OH excluding ortho intramolecular Hbond substituents is 1. The quantitative estimate of drug-likeness (QED) is 0.443. The Labute approximate surface area is 171 Å². The molecule has 0 amide bonds. The van der Waals surface area contributed by atoms with Gasteiger partial charge in [0.1, 0.15) is 17.1 Å². The fraction of sp³-hybridized carbons (Fsp3) is 0.130. The predicted octanol–water partition coefficient (Wildman–Crippen LogP) is 5.86. The number of alkyl halides is 3. The first-order chi connectivity index (χ1) is 14.3. The van der Waals surface area contributed by atoms with Crippen molar-refractivity contribution in [1.82, 2.24) is 9.97 Å². The van der Waals surface area contributed by atoms with Crippen LogP contribution in [0.15, 0.2) is 73.1 Å². The maximum Gasteiger partial charge on any atom is 0.416 e. The zero-order valence-corrected chi connectivity index (χ0v) is 16.0. The fourth-order valence-electron chi connectivity index (χ4n) is 3.35. The molecule has 0 radical (unpaired) electrons. The van der Waals surface area contributed by atoms with E-state index in [1.807, 2.05) is 31.2 Å². The molecule has 2 N–H and O–H groups in total. The zero-order valence-electron chi connectivity index (χ0n) is 16.0. The number of pyridine rings is 2. The van der Waals surface area contributed by atoms with E-state index in [1.165, 1.54) is 12.1 Å². The lowest BCUT2D eigenvalue weighted by molar-refractivity contribution is -0.137. The number of aromatic nitrogens is 2. The van der Waals surface area contributed by atoms with Gasteiger partial charge in [0.2, 0.25) is 0 Å². The minimum absolute atomic E-state index is 0.0295. The molecule has 0 aliphatic carbocycles. The molecule has 4 rings (SSSR count). The molecule has 152 valence electrons. The highest BCUT2D eigenvalue weighted by Gasteiger charge is 2.30. The molecule has 0 spiro atoms. The Balaban J connectivity index is 1.82. The molecule has 4 aromatic rings. The van der Waals surface area contributed by atoms with E-state index in [0.29, 0.717) is 22.5 Å². The second-order valence-electron chi connectivity index (χ2n) is 6.99. The second kappa shape index (κ2) is 7.67. The molecule has 1 atom stereocenters. The molecule has 30 heavy (non-hydrogen) atoms. The van der Waals surface area contributed by atoms with Crippen molar-refractivity contribution in [2.75, 3.05) is 5.32 Å². The zero-order chi connectivity index (χ0) is 21.3. The minimum Gasteiger partial charge on any atom is -0.505 e. The Hall–Kier alpha value is -3.61. The third-order valence-corrected chi connectivity index (χ3v) is 4.87. The molecule has 4 nitrogen and oxygen atoms in total. The van der Waals surface area contributed by atoms with E-state index in [0.717, 1.165) is 23.1 Å². The Kier molecular flexibility index (Phi) is 5.03. The number of rotatable bonds is 4. The number of hydrogen-bond acceptors (Lipinski definition) is 4. The lowest BCUT2D eigenvalue weighted by Gasteiger charge is -2.22. The second-order valence-corrected chi connectivity index (χ2v) is 6.99. The van der Waals surface area contributed by atoms with Gasteiger partial charge in [-0.1, -0.05) is 30.3 Å². The average Bonchev–Trinajstić information content (AvgIpc) is 2.72. The molecule has 0 bridgehead atoms. The number of aromatic hydroxyl groups is 1. The number of nitrogens with zero attached hydrogens (tertiary/aromatic N) is 2. The number of benzene rings is 2. The van der Waals surface area contributed by atoms with Crippen LogP contribution >= 0.6 is 0 Å². The number of aryl methyl sites for hydroxylation is 1. The largest absolute Gasteiger partial charge is 0.505 e. The highest BCUT2D eigenvalue weighted by molar-refractivity contribution is 5.86. The lowest BCUT2D eigenvalue weighted by Crippen LogP contribution is -2.14. The van der Waals surface area contributed by atoms with Crippen LogP contribution in [0.3, 0.4) is 0 Å². The third kappa shape index (κ3) is 3.91. The molecule has 7 heteroatoms. The van der Waals surface area contributed by atoms with Gasteiger partial charge in [0, 0.05) is 23.3 Å². The molecular weight excluding hydrogens is 391 g/mol. The van der Waals surface area contributed by atoms with Crippen molar-refractivity contribution < 1.29 is 18.3 Å². The topological polar surface area (TPSA) is 58.0 Å². The molecule has 0 fully saturated rings. The van der Waals surface area contributed by atoms with E-state index < -0.39 is 17.8 Å². The van der Waals surface area contributed by atoms with Gasteiger partial charge in [-0.05, 0) is 48.4 Å². The van der Waals surface area contributed by atoms with Crippen LogP contribution in [0.25, 0.3) is 10.9 Å². The van der Waals surface area contributed by atoms with Crippen molar-refractivity contribution in [3.05, 3.63) is 95.3 Å². The van der Waals surface area contributed by atoms with Gasteiger partial charge < -0.3 is 10.4 Å². The maximum absolute atomic E-state index is 13.0. The summed E-state index contributed by atoms with van der Waals surface area (Å²) in [6.45, 7) is 1.91. The van der Waals surface area contributed by atoms with Gasteiger partial charge >= 0.3 is 6.18 Å². The number of fused-ring (bicyclic) bond motifs is 1. The van der Waals surface area contributed by atoms with Gasteiger partial charge in [0.05, 0.1) is 11.6 Å². The summed E-state index contributed by atoms with van der Waals surface area (Å²) in [5, 5.41) is 14.9. The molecule has 2 heterocycles. The van der Waals surface area contributed by atoms with Crippen molar-refractivity contribution >= 4 is 16.7 Å². The van der Waals surface area contributed by atoms with Crippen LogP contribution in [-0.2, 0) is 6.18 Å². The van der Waals surface area contributed by atoms with E-state index in [9.17, 15) is 18.3 Å². The number of phenols is 1. The van der Waals surface area contributed by atoms with E-state index >= 15 is 0 Å². The molecule has 0 saturated heterocycles. The minimum atomic E-state index is -4.42. The fourth-order valence-corrected chi connectivity index (χ4v) is 3.35. The standard InChI is InChI=1S/C23H18F3N3O/c1-14-10-12-27-19(13-14)29-20(16-4-7-17(8-5-16)23(24,25)26)18-9-6-15-3-2-11-28-21(15)22(18)30/h2-13,20,30H,1H3,(H,27,29). The highest BCUT2D eigenvalue weighted by atomic mass is 19.4. The summed E-state index contributed by atoms with van der Waals surface area (Å²) in [6, 6.07) is 15.1. The number of nitrogens with one attached hydrogen (secondary N) is 1. The van der Waals surface area contributed by atoms with Crippen molar-refractivity contribution in [3.8, 4) is 5.75 Å². The summed E-state index contributed by atoms with van der Waals surface area (Å²) in [5.74, 6) is 0.513. The van der Waals surface area contributed by atoms with Gasteiger partial charge in [0.15, 0.2) is 0 Å². The molecule has 0 aliphatic rings. The average molecular weight is 409 g/mol. The summed E-state index contributed by atoms with van der Waals surface area (Å²) in [6.07, 6.45) is -1.20. The number of hydrogen-bond donors (Lipinski definition) is 2. The molecule has 0 saturated carbocycles. The smallest absolute Gasteiger partial charge is 0.416 e. The van der Waals surface area contributed by atoms with Crippen molar-refractivity contribution in [3.63, 3.8) is 0 Å². The normalized spacial score (nSPS) is 12.7. The first kappa shape index (κ1) is 19.7. The van der Waals surface area contributed by atoms with Crippen molar-refractivity contribution in [1.29, 1.82) is 0 Å². The Bertz CT molecular complexity index is 1190. The van der Waals surface area contributed by atoms with Gasteiger partial charge in [-0.15, -0.1) is 0 Å². The predicted molar refractivity (Wildman–Crippen MR) is 109 cm³/mol. The van der Waals surface area contributed by atoms with E-state index in [1.54, 1.807) is 24.5 Å². The molecule has 0 aliphatic heterocycles. The molecular formula is C23H18F3N3O. The monoisotopic (exact) mass is 409 g/mol. The summed E-state index contributed by atoms with van der Waals surface area (Å²) < 4.78 is 39.0. The Morgan fingerprint density at radius 2 is 1.70 bits per heavy atom. The Morgan fingerprint density at radius 1 is 0.933 bits per heavy atom. The molecule has 1 unspecified atom stereocenters. The van der Waals surface area contributed by atoms with Crippen LogP contribution in [0, 0.1) is 6.92 Å². The van der Waals surface area contributed by atoms with Gasteiger partial charge in [-0.2, -0.15) is 13.2 Å². The molecule has 2 aromatic carbocycles. The van der Waals surface area contributed by atoms with Crippen LogP contribution in [0.5, 0.6) is 5.75 Å². The van der Waals surface area contributed by atoms with Crippen LogP contribution < -0.4 is 5.32 Å². The van der Waals surface area contributed by atoms with E-state index in [4.69, 9.17) is 0 Å². The summed E-state index contributed by atoms with van der Waals surface area (Å²) in [7, 11) is 0. The summed E-state index contributed by atoms with van der Waals surface area (Å²) in [5.41, 5.74) is 1.71. The third-order valence-electron chi connectivity index (χ3n) is 4.87. The van der Waals surface area contributed by atoms with Crippen LogP contribution in [0.2, 0.25) is 0 Å². The summed E-state index contributed by atoms with van der Waals surface area (Å²) >= 11 is 0. The first-order valence-corrected chi connectivity index (χ1v) is 9.26. The summed E-state index contributed by atoms with van der Waals surface area (Å²) in [4.78, 5) is 8.53. The number of anilines is 1. The van der Waals surface area contributed by atoms with Crippen molar-refractivity contribution in [2.24, 2.45) is 0 Å². The van der Waals surface area contributed by atoms with Gasteiger partial charge in [-0.25, -0.2) is 4.98 Å². The highest BCUT2D eigenvalue weighted by Crippen LogP contribution is 2.37. The van der Waals surface area contributed by atoms with Crippen molar-refractivity contribution in [2.45, 2.75) is 19.1 Å². The van der Waals surface area contributed by atoms with Gasteiger partial charge in [0.25, 0.3) is 0 Å². The molecule has 2 aromatic heterocycles. The van der Waals surface area contributed by atoms with Crippen LogP contribution in [0.4, 0.5) is 19.0 Å². The Morgan fingerprint density at radius 3 is 2.40 bits per heavy atom. The first-order valence-electron chi connectivity index (χ1n) is 9.26. The van der Waals surface area contributed by atoms with Gasteiger partial charge in [-0.3, -0.25) is 4.98 Å². The van der Waals surface area contributed by atoms with Crippen LogP contribution in [-0.4, -0.2) is 15.1 Å². The number of halogens is 3. The van der Waals surface area contributed by atoms with E-state index in [2.05, 4.69) is 15.3 Å². The maximum atomic E-state index is 13.0. The van der Waals surface area contributed by atoms with E-state index in [-0.39, 0.29) is 5.75 Å². The lowest BCUT2D eigenvalue weighted by atomic mass is 9.95.